The van der Waals surface area contributed by atoms with Crippen molar-refractivity contribution in [2.24, 2.45) is 41.4 Å². The Hall–Kier alpha value is -0.160. The summed E-state index contributed by atoms with van der Waals surface area (Å²) in [6.45, 7) is 11.0. The number of piperidine rings is 3. The van der Waals surface area contributed by atoms with Gasteiger partial charge in [-0.3, -0.25) is 0 Å². The van der Waals surface area contributed by atoms with Crippen molar-refractivity contribution in [1.29, 1.82) is 0 Å². The van der Waals surface area contributed by atoms with Crippen LogP contribution < -0.4 is 5.32 Å². The summed E-state index contributed by atoms with van der Waals surface area (Å²) in [4.78, 5) is 5.46. The summed E-state index contributed by atoms with van der Waals surface area (Å²) < 4.78 is 0. The van der Waals surface area contributed by atoms with Gasteiger partial charge in [0.05, 0.1) is 5.60 Å². The summed E-state index contributed by atoms with van der Waals surface area (Å²) in [5.74, 6) is 5.58. The fourth-order valence-electron chi connectivity index (χ4n) is 10.7. The van der Waals surface area contributed by atoms with E-state index in [9.17, 15) is 5.11 Å². The Morgan fingerprint density at radius 2 is 1.74 bits per heavy atom. The lowest BCUT2D eigenvalue weighted by Crippen LogP contribution is -2.64. The number of nitrogens with one attached hydrogen (secondary N) is 1. The van der Waals surface area contributed by atoms with E-state index in [2.05, 4.69) is 42.9 Å². The molecule has 194 valence electrons. The molecular formula is C30H53N3O. The molecule has 6 fully saturated rings. The molecule has 3 aliphatic carbocycles. The fraction of sp³-hybridized carbons (Fsp3) is 1.00. The molecule has 6 rings (SSSR count). The van der Waals surface area contributed by atoms with Gasteiger partial charge in [-0.15, -0.1) is 0 Å². The van der Waals surface area contributed by atoms with Gasteiger partial charge >= 0.3 is 0 Å². The first-order valence-electron chi connectivity index (χ1n) is 15.3. The Bertz CT molecular complexity index is 730. The molecule has 3 saturated carbocycles. The van der Waals surface area contributed by atoms with Crippen molar-refractivity contribution >= 4 is 0 Å². The molecule has 0 unspecified atom stereocenters. The molecule has 0 aromatic rings. The van der Waals surface area contributed by atoms with Crippen LogP contribution >= 0.6 is 0 Å². The Kier molecular flexibility index (Phi) is 6.62. The van der Waals surface area contributed by atoms with Crippen molar-refractivity contribution in [2.45, 2.75) is 121 Å². The summed E-state index contributed by atoms with van der Waals surface area (Å²) >= 11 is 0. The molecule has 12 atom stereocenters. The lowest BCUT2D eigenvalue weighted by molar-refractivity contribution is -0.105. The minimum atomic E-state index is -0.484. The van der Waals surface area contributed by atoms with Crippen molar-refractivity contribution in [3.05, 3.63) is 0 Å². The summed E-state index contributed by atoms with van der Waals surface area (Å²) in [6, 6.07) is 2.53. The number of fused-ring (bicyclic) bond motifs is 4. The topological polar surface area (TPSA) is 38.7 Å². The summed E-state index contributed by atoms with van der Waals surface area (Å²) in [5.41, 5.74) is -0.484. The van der Waals surface area contributed by atoms with Gasteiger partial charge in [0.15, 0.2) is 0 Å². The van der Waals surface area contributed by atoms with Crippen LogP contribution in [-0.4, -0.2) is 71.4 Å². The normalized spacial score (nSPS) is 54.1. The standard InChI is InChI=1S/C30H53N3O/c1-5-33-10-6-7-25-21(11-20(3)14-28(25)33)15-24-8-9-30(34)23-17-26-22(16-29(30)31-24)12-19(2)13-27(26)32(4)18-23/h19-29,31,34H,5-18H2,1-4H3/t19-,20+,21-,22+,23-,24-,25-,26-,27+,28+,29+,30+/m1/s1. The Labute approximate surface area is 209 Å². The number of nitrogens with zero attached hydrogens (tertiary/aromatic N) is 2. The molecule has 34 heavy (non-hydrogen) atoms. The van der Waals surface area contributed by atoms with Crippen LogP contribution in [-0.2, 0) is 0 Å². The molecule has 4 nitrogen and oxygen atoms in total. The molecule has 0 aromatic carbocycles. The molecule has 3 aliphatic heterocycles. The lowest BCUT2D eigenvalue weighted by Gasteiger charge is -2.53. The second kappa shape index (κ2) is 9.30. The number of rotatable bonds is 3. The third-order valence-corrected chi connectivity index (χ3v) is 12.2. The number of hydrogen-bond acceptors (Lipinski definition) is 4. The van der Waals surface area contributed by atoms with E-state index < -0.39 is 5.60 Å². The van der Waals surface area contributed by atoms with Crippen molar-refractivity contribution in [3.8, 4) is 0 Å². The van der Waals surface area contributed by atoms with E-state index in [0.29, 0.717) is 18.0 Å². The van der Waals surface area contributed by atoms with Gasteiger partial charge in [0.25, 0.3) is 0 Å². The monoisotopic (exact) mass is 471 g/mol. The summed E-state index contributed by atoms with van der Waals surface area (Å²) in [7, 11) is 2.35. The minimum Gasteiger partial charge on any atom is -0.388 e. The number of aliphatic hydroxyl groups is 1. The number of likely N-dealkylation sites (tertiary alicyclic amines) is 2. The van der Waals surface area contributed by atoms with Crippen molar-refractivity contribution in [2.75, 3.05) is 26.7 Å². The number of hydrogen-bond donors (Lipinski definition) is 2. The van der Waals surface area contributed by atoms with Gasteiger partial charge in [0.1, 0.15) is 0 Å². The predicted molar refractivity (Wildman–Crippen MR) is 140 cm³/mol. The zero-order chi connectivity index (χ0) is 23.6. The highest BCUT2D eigenvalue weighted by Gasteiger charge is 2.57. The fourth-order valence-corrected chi connectivity index (χ4v) is 10.7. The van der Waals surface area contributed by atoms with Gasteiger partial charge in [0.2, 0.25) is 0 Å². The molecule has 3 saturated heterocycles. The maximum absolute atomic E-state index is 12.2. The van der Waals surface area contributed by atoms with E-state index in [4.69, 9.17) is 0 Å². The molecule has 2 bridgehead atoms. The lowest BCUT2D eigenvalue weighted by atomic mass is 9.64. The molecule has 2 N–H and O–H groups in total. The van der Waals surface area contributed by atoms with Crippen LogP contribution in [0, 0.1) is 41.4 Å². The molecule has 0 radical (unpaired) electrons. The van der Waals surface area contributed by atoms with Gasteiger partial charge in [-0.25, -0.2) is 0 Å². The summed E-state index contributed by atoms with van der Waals surface area (Å²) in [5, 5.41) is 16.4. The third-order valence-electron chi connectivity index (χ3n) is 12.2. The second-order valence-corrected chi connectivity index (χ2v) is 14.2. The van der Waals surface area contributed by atoms with Crippen molar-refractivity contribution in [3.63, 3.8) is 0 Å². The van der Waals surface area contributed by atoms with Crippen LogP contribution in [0.15, 0.2) is 0 Å². The molecule has 4 heteroatoms. The van der Waals surface area contributed by atoms with Crippen LogP contribution in [0.4, 0.5) is 0 Å². The van der Waals surface area contributed by atoms with Gasteiger partial charge in [-0.2, -0.15) is 0 Å². The molecule has 0 aromatic heterocycles. The van der Waals surface area contributed by atoms with Crippen LogP contribution in [0.25, 0.3) is 0 Å². The van der Waals surface area contributed by atoms with Crippen LogP contribution in [0.2, 0.25) is 0 Å². The molecule has 3 heterocycles. The molecule has 0 amide bonds. The first-order valence-corrected chi connectivity index (χ1v) is 15.3. The average Bonchev–Trinajstić information content (AvgIpc) is 2.91. The Balaban J connectivity index is 1.19. The van der Waals surface area contributed by atoms with Gasteiger partial charge in [-0.05, 0) is 126 Å². The minimum absolute atomic E-state index is 0.319. The average molecular weight is 472 g/mol. The SMILES string of the molecule is CCN1CCC[C@@H]2[C@@H](C[C@H]3CC[C@]4(O)[C@@H]5C[C@@H]6[C@@H](C[C@@H](C)C[C@@H]6N(C)C5)C[C@@H]4N3)C[C@H](C)C[C@@H]21. The van der Waals surface area contributed by atoms with E-state index >= 15 is 0 Å². The van der Waals surface area contributed by atoms with Crippen LogP contribution in [0.1, 0.15) is 91.4 Å². The molecule has 0 spiro atoms. The first-order chi connectivity index (χ1) is 16.4. The second-order valence-electron chi connectivity index (χ2n) is 14.2. The van der Waals surface area contributed by atoms with Crippen LogP contribution in [0.5, 0.6) is 0 Å². The quantitative estimate of drug-likeness (QED) is 0.622. The highest BCUT2D eigenvalue weighted by atomic mass is 16.3. The van der Waals surface area contributed by atoms with E-state index in [0.717, 1.165) is 60.6 Å². The maximum Gasteiger partial charge on any atom is 0.0841 e. The van der Waals surface area contributed by atoms with E-state index in [1.807, 2.05) is 0 Å². The predicted octanol–water partition coefficient (Wildman–Crippen LogP) is 4.76. The maximum atomic E-state index is 12.2. The Morgan fingerprint density at radius 3 is 2.56 bits per heavy atom. The first kappa shape index (κ1) is 24.2. The van der Waals surface area contributed by atoms with Crippen molar-refractivity contribution in [1.82, 2.24) is 15.1 Å². The van der Waals surface area contributed by atoms with E-state index in [-0.39, 0.29) is 0 Å². The van der Waals surface area contributed by atoms with E-state index in [1.165, 1.54) is 77.3 Å². The van der Waals surface area contributed by atoms with E-state index in [1.54, 1.807) is 0 Å². The highest BCUT2D eigenvalue weighted by Crippen LogP contribution is 2.53. The summed E-state index contributed by atoms with van der Waals surface area (Å²) in [6.07, 6.45) is 14.5. The van der Waals surface area contributed by atoms with Gasteiger partial charge in [0, 0.05) is 36.6 Å². The highest BCUT2D eigenvalue weighted by molar-refractivity contribution is 5.11. The zero-order valence-corrected chi connectivity index (χ0v) is 22.6. The largest absolute Gasteiger partial charge is 0.388 e. The van der Waals surface area contributed by atoms with Gasteiger partial charge in [-0.1, -0.05) is 20.8 Å². The van der Waals surface area contributed by atoms with Crippen molar-refractivity contribution < 1.29 is 5.11 Å². The Morgan fingerprint density at radius 1 is 0.941 bits per heavy atom. The molecular weight excluding hydrogens is 418 g/mol. The molecule has 6 aliphatic rings. The smallest absolute Gasteiger partial charge is 0.0841 e. The third kappa shape index (κ3) is 4.11. The van der Waals surface area contributed by atoms with Crippen LogP contribution in [0.3, 0.4) is 0 Å². The van der Waals surface area contributed by atoms with Gasteiger partial charge < -0.3 is 20.2 Å². The zero-order valence-electron chi connectivity index (χ0n) is 22.6.